The van der Waals surface area contributed by atoms with Crippen molar-refractivity contribution in [1.29, 1.82) is 5.26 Å². The molecule has 0 radical (unpaired) electrons. The minimum atomic E-state index is -0.890. The number of nitrogens with zero attached hydrogens (tertiary/aromatic N) is 5. The lowest BCUT2D eigenvalue weighted by Gasteiger charge is -2.35. The van der Waals surface area contributed by atoms with Crippen molar-refractivity contribution in [3.05, 3.63) is 58.5 Å². The Balaban J connectivity index is 1.60. The minimum Gasteiger partial charge on any atom is -0.494 e. The maximum atomic E-state index is 15.1. The molecule has 0 saturated heterocycles. The van der Waals surface area contributed by atoms with Crippen LogP contribution in [0.25, 0.3) is 11.3 Å². The first-order valence-electron chi connectivity index (χ1n) is 10.6. The molecule has 1 aliphatic carbocycles. The van der Waals surface area contributed by atoms with Gasteiger partial charge in [-0.2, -0.15) is 10.4 Å². The number of pyridine rings is 1. The van der Waals surface area contributed by atoms with E-state index in [1.54, 1.807) is 17.1 Å². The second-order valence-corrected chi connectivity index (χ2v) is 8.56. The predicted octanol–water partition coefficient (Wildman–Crippen LogP) is 3.95. The highest BCUT2D eigenvalue weighted by atomic mass is 19.1. The topological polar surface area (TPSA) is 84.0 Å². The molecule has 3 aromatic rings. The molecule has 0 unspecified atom stereocenters. The molecule has 2 aromatic heterocycles. The smallest absolute Gasteiger partial charge is 0.238 e. The maximum absolute atomic E-state index is 15.1. The summed E-state index contributed by atoms with van der Waals surface area (Å²) in [5.41, 5.74) is 2.73. The van der Waals surface area contributed by atoms with E-state index >= 15 is 8.78 Å². The fourth-order valence-electron chi connectivity index (χ4n) is 4.64. The number of carbonyl (C=O) groups excluding carboxylic acids is 1. The van der Waals surface area contributed by atoms with E-state index in [-0.39, 0.29) is 36.0 Å². The molecule has 3 heterocycles. The van der Waals surface area contributed by atoms with E-state index in [0.29, 0.717) is 18.5 Å². The number of hydrogen-bond donors (Lipinski definition) is 0. The van der Waals surface area contributed by atoms with Crippen LogP contribution in [0.1, 0.15) is 35.2 Å². The lowest BCUT2D eigenvalue weighted by molar-refractivity contribution is -0.121. The number of amides is 1. The van der Waals surface area contributed by atoms with E-state index in [1.807, 2.05) is 13.0 Å². The van der Waals surface area contributed by atoms with Crippen LogP contribution < -0.4 is 9.64 Å². The van der Waals surface area contributed by atoms with Gasteiger partial charge in [-0.15, -0.1) is 0 Å². The zero-order valence-corrected chi connectivity index (χ0v) is 18.4. The summed E-state index contributed by atoms with van der Waals surface area (Å²) in [6.45, 7) is 3.48. The number of carbonyl (C=O) groups is 1. The van der Waals surface area contributed by atoms with Crippen molar-refractivity contribution >= 4 is 11.6 Å². The molecular weight excluding hydrogens is 428 g/mol. The van der Waals surface area contributed by atoms with Crippen LogP contribution in [0.4, 0.5) is 14.5 Å². The summed E-state index contributed by atoms with van der Waals surface area (Å²) >= 11 is 0. The summed E-state index contributed by atoms with van der Waals surface area (Å²) in [4.78, 5) is 19.3. The molecule has 5 rings (SSSR count). The van der Waals surface area contributed by atoms with Crippen molar-refractivity contribution in [2.75, 3.05) is 12.0 Å². The first-order valence-corrected chi connectivity index (χ1v) is 10.6. The average Bonchev–Trinajstić information content (AvgIpc) is 3.51. The third-order valence-corrected chi connectivity index (χ3v) is 6.51. The van der Waals surface area contributed by atoms with Gasteiger partial charge in [0.25, 0.3) is 0 Å². The molecule has 1 fully saturated rings. The highest BCUT2D eigenvalue weighted by Gasteiger charge is 2.57. The van der Waals surface area contributed by atoms with Gasteiger partial charge in [0.05, 0.1) is 36.5 Å². The number of fused-ring (bicyclic) bond motifs is 2. The van der Waals surface area contributed by atoms with Crippen molar-refractivity contribution in [2.45, 2.75) is 45.2 Å². The Labute approximate surface area is 189 Å². The average molecular weight is 449 g/mol. The van der Waals surface area contributed by atoms with Crippen molar-refractivity contribution in [3.63, 3.8) is 0 Å². The van der Waals surface area contributed by atoms with Crippen molar-refractivity contribution < 1.29 is 18.3 Å². The van der Waals surface area contributed by atoms with Crippen LogP contribution in [0, 0.1) is 36.8 Å². The monoisotopic (exact) mass is 449 g/mol. The summed E-state index contributed by atoms with van der Waals surface area (Å²) in [5.74, 6) is -2.09. The molecule has 1 aliphatic heterocycles. The van der Waals surface area contributed by atoms with Gasteiger partial charge in [-0.25, -0.2) is 8.78 Å². The highest BCUT2D eigenvalue weighted by molar-refractivity contribution is 6.05. The lowest BCUT2D eigenvalue weighted by atomic mass is 9.85. The third-order valence-electron chi connectivity index (χ3n) is 6.51. The Morgan fingerprint density at radius 2 is 2.00 bits per heavy atom. The first-order chi connectivity index (χ1) is 15.8. The van der Waals surface area contributed by atoms with Gasteiger partial charge in [-0.05, 0) is 55.5 Å². The number of rotatable bonds is 4. The molecule has 0 atom stereocenters. The summed E-state index contributed by atoms with van der Waals surface area (Å²) in [5, 5.41) is 13.3. The molecule has 1 spiro atoms. The zero-order valence-electron chi connectivity index (χ0n) is 18.4. The van der Waals surface area contributed by atoms with Gasteiger partial charge in [0.15, 0.2) is 17.4 Å². The van der Waals surface area contributed by atoms with E-state index in [9.17, 15) is 4.79 Å². The molecule has 0 N–H and O–H groups in total. The van der Waals surface area contributed by atoms with Gasteiger partial charge in [0.1, 0.15) is 12.2 Å². The predicted molar refractivity (Wildman–Crippen MR) is 116 cm³/mol. The molecule has 1 aromatic carbocycles. The third kappa shape index (κ3) is 3.09. The maximum Gasteiger partial charge on any atom is 0.238 e. The Morgan fingerprint density at radius 1 is 1.24 bits per heavy atom. The van der Waals surface area contributed by atoms with Crippen LogP contribution >= 0.6 is 0 Å². The number of nitriles is 1. The Kier molecular flexibility index (Phi) is 4.71. The fraction of sp³-hybridized carbons (Fsp3) is 0.333. The molecule has 2 aliphatic rings. The van der Waals surface area contributed by atoms with Gasteiger partial charge in [0.2, 0.25) is 5.91 Å². The standard InChI is InChI=1S/C24H21F2N5O2/c1-13-8-19(33-3)21(26)22(20(13)25)31-11-15-10-28-18(9-17(15)24(4-5-24)23(31)32)16-12-30(7-6-27)29-14(16)2/h8-10,12H,4-5,7,11H2,1-3H3. The Hall–Kier alpha value is -3.80. The lowest BCUT2D eigenvalue weighted by Crippen LogP contribution is -2.45. The number of benzene rings is 1. The molecular formula is C24H21F2N5O2. The number of anilines is 1. The van der Waals surface area contributed by atoms with Crippen LogP contribution in [-0.2, 0) is 23.3 Å². The molecule has 0 bridgehead atoms. The van der Waals surface area contributed by atoms with Gasteiger partial charge in [-0.3, -0.25) is 14.5 Å². The van der Waals surface area contributed by atoms with E-state index in [2.05, 4.69) is 16.2 Å². The molecule has 1 saturated carbocycles. The first kappa shape index (κ1) is 21.1. The minimum absolute atomic E-state index is 0.0102. The van der Waals surface area contributed by atoms with E-state index in [4.69, 9.17) is 10.00 Å². The zero-order chi connectivity index (χ0) is 23.5. The van der Waals surface area contributed by atoms with Gasteiger partial charge < -0.3 is 9.64 Å². The van der Waals surface area contributed by atoms with Crippen molar-refractivity contribution in [2.24, 2.45) is 0 Å². The SMILES string of the molecule is COc1cc(C)c(F)c(N2Cc3cnc(-c4cn(CC#N)nc4C)cc3C3(CC3)C2=O)c1F. The number of halogens is 2. The van der Waals surface area contributed by atoms with Gasteiger partial charge in [-0.1, -0.05) is 0 Å². The number of aryl methyl sites for hydroxylation is 2. The van der Waals surface area contributed by atoms with E-state index in [0.717, 1.165) is 22.4 Å². The van der Waals surface area contributed by atoms with Crippen LogP contribution in [0.2, 0.25) is 0 Å². The van der Waals surface area contributed by atoms with Crippen molar-refractivity contribution in [1.82, 2.24) is 14.8 Å². The van der Waals surface area contributed by atoms with Crippen LogP contribution in [0.15, 0.2) is 24.5 Å². The van der Waals surface area contributed by atoms with Crippen LogP contribution in [0.3, 0.4) is 0 Å². The number of ether oxygens (including phenoxy) is 1. The second kappa shape index (κ2) is 7.37. The number of hydrogen-bond acceptors (Lipinski definition) is 5. The van der Waals surface area contributed by atoms with Gasteiger partial charge >= 0.3 is 0 Å². The number of methoxy groups -OCH3 is 1. The van der Waals surface area contributed by atoms with Crippen LogP contribution in [0.5, 0.6) is 5.75 Å². The molecule has 1 amide bonds. The molecule has 33 heavy (non-hydrogen) atoms. The normalized spacial score (nSPS) is 16.0. The molecule has 168 valence electrons. The van der Waals surface area contributed by atoms with Gasteiger partial charge in [0, 0.05) is 18.0 Å². The summed E-state index contributed by atoms with van der Waals surface area (Å²) in [7, 11) is 1.31. The molecule has 7 nitrogen and oxygen atoms in total. The molecule has 9 heteroatoms. The largest absolute Gasteiger partial charge is 0.494 e. The number of aromatic nitrogens is 3. The summed E-state index contributed by atoms with van der Waals surface area (Å²) in [6, 6.07) is 5.22. The van der Waals surface area contributed by atoms with E-state index < -0.39 is 17.0 Å². The van der Waals surface area contributed by atoms with E-state index in [1.165, 1.54) is 25.0 Å². The van der Waals surface area contributed by atoms with Crippen molar-refractivity contribution in [3.8, 4) is 23.1 Å². The fourth-order valence-corrected chi connectivity index (χ4v) is 4.64. The van der Waals surface area contributed by atoms with Crippen LogP contribution in [-0.4, -0.2) is 27.8 Å². The second-order valence-electron chi connectivity index (χ2n) is 8.56. The Morgan fingerprint density at radius 3 is 2.67 bits per heavy atom. The Bertz CT molecular complexity index is 1350. The highest BCUT2D eigenvalue weighted by Crippen LogP contribution is 2.55. The quantitative estimate of drug-likeness (QED) is 0.602. The summed E-state index contributed by atoms with van der Waals surface area (Å²) in [6.07, 6.45) is 4.61. The summed E-state index contributed by atoms with van der Waals surface area (Å²) < 4.78 is 36.8.